The molecule has 1 aromatic heterocycles. The Morgan fingerprint density at radius 2 is 1.89 bits per heavy atom. The lowest BCUT2D eigenvalue weighted by atomic mass is 10.1. The molecule has 6 nitrogen and oxygen atoms in total. The lowest BCUT2D eigenvalue weighted by molar-refractivity contribution is -0.204. The second-order valence-electron chi connectivity index (χ2n) is 5.15. The first-order chi connectivity index (χ1) is 12.6. The van der Waals surface area contributed by atoms with E-state index < -0.39 is 29.5 Å². The Morgan fingerprint density at radius 3 is 2.41 bits per heavy atom. The number of amides is 1. The largest absolute Gasteiger partial charge is 0.463 e. The molecule has 0 spiro atoms. The van der Waals surface area contributed by atoms with Gasteiger partial charge < -0.3 is 19.8 Å². The monoisotopic (exact) mass is 424 g/mol. The summed E-state index contributed by atoms with van der Waals surface area (Å²) in [6, 6.07) is 5.91. The van der Waals surface area contributed by atoms with Crippen LogP contribution in [-0.4, -0.2) is 30.3 Å². The fourth-order valence-electron chi connectivity index (χ4n) is 2.06. The third-order valence-electron chi connectivity index (χ3n) is 3.30. The molecule has 1 amide bonds. The Labute approximate surface area is 161 Å². The molecule has 0 bridgehead atoms. The maximum Gasteiger partial charge on any atom is 0.441 e. The summed E-state index contributed by atoms with van der Waals surface area (Å²) in [5.74, 6) is -3.47. The number of halogens is 5. The highest BCUT2D eigenvalue weighted by Gasteiger charge is 2.63. The number of carbonyl (C=O) groups excluding carboxylic acids is 2. The van der Waals surface area contributed by atoms with E-state index >= 15 is 0 Å². The molecule has 146 valence electrons. The van der Waals surface area contributed by atoms with Gasteiger partial charge in [-0.1, -0.05) is 23.2 Å². The Bertz CT molecular complexity index is 828. The Kier molecular flexibility index (Phi) is 6.27. The van der Waals surface area contributed by atoms with Crippen LogP contribution >= 0.6 is 23.2 Å². The third kappa shape index (κ3) is 4.48. The predicted molar refractivity (Wildman–Crippen MR) is 91.7 cm³/mol. The molecule has 0 saturated carbocycles. The van der Waals surface area contributed by atoms with Crippen molar-refractivity contribution in [2.75, 3.05) is 11.9 Å². The molecule has 0 unspecified atom stereocenters. The zero-order valence-electron chi connectivity index (χ0n) is 13.7. The molecule has 2 aromatic rings. The van der Waals surface area contributed by atoms with Gasteiger partial charge in [-0.2, -0.15) is 13.2 Å². The number of ether oxygens (including phenoxy) is 1. The van der Waals surface area contributed by atoms with E-state index in [0.29, 0.717) is 0 Å². The van der Waals surface area contributed by atoms with Crippen LogP contribution in [0.3, 0.4) is 0 Å². The van der Waals surface area contributed by atoms with Crippen molar-refractivity contribution in [2.45, 2.75) is 18.8 Å². The summed E-state index contributed by atoms with van der Waals surface area (Å²) >= 11 is 11.6. The average molecular weight is 425 g/mol. The van der Waals surface area contributed by atoms with Crippen molar-refractivity contribution < 1.29 is 31.9 Å². The molecular weight excluding hydrogens is 412 g/mol. The fraction of sp³-hybridized carbons (Fsp3) is 0.250. The van der Waals surface area contributed by atoms with E-state index in [9.17, 15) is 22.8 Å². The number of hydrogen-bond donors (Lipinski definition) is 2. The minimum absolute atomic E-state index is 0.0565. The van der Waals surface area contributed by atoms with Crippen molar-refractivity contribution in [3.63, 3.8) is 0 Å². The summed E-state index contributed by atoms with van der Waals surface area (Å²) in [6.45, 7) is 0.975. The highest BCUT2D eigenvalue weighted by molar-refractivity contribution is 6.42. The van der Waals surface area contributed by atoms with E-state index in [2.05, 4.69) is 4.74 Å². The van der Waals surface area contributed by atoms with E-state index in [1.165, 1.54) is 19.1 Å². The molecule has 1 aromatic carbocycles. The van der Waals surface area contributed by atoms with Gasteiger partial charge in [0, 0.05) is 5.69 Å². The van der Waals surface area contributed by atoms with Gasteiger partial charge >= 0.3 is 17.8 Å². The fourth-order valence-corrected chi connectivity index (χ4v) is 2.36. The van der Waals surface area contributed by atoms with Crippen molar-refractivity contribution in [3.05, 3.63) is 52.4 Å². The molecule has 27 heavy (non-hydrogen) atoms. The van der Waals surface area contributed by atoms with Crippen molar-refractivity contribution in [3.8, 4) is 0 Å². The van der Waals surface area contributed by atoms with Crippen LogP contribution in [-0.2, 0) is 9.53 Å². The lowest BCUT2D eigenvalue weighted by Crippen LogP contribution is -2.69. The number of benzene rings is 1. The molecule has 0 aliphatic heterocycles. The molecule has 1 atom stereocenters. The Balaban J connectivity index is 2.51. The van der Waals surface area contributed by atoms with Crippen molar-refractivity contribution in [1.82, 2.24) is 5.32 Å². The van der Waals surface area contributed by atoms with Crippen LogP contribution < -0.4 is 10.6 Å². The van der Waals surface area contributed by atoms with Gasteiger partial charge in [-0.3, -0.25) is 4.79 Å². The van der Waals surface area contributed by atoms with Gasteiger partial charge in [0.25, 0.3) is 5.91 Å². The van der Waals surface area contributed by atoms with Gasteiger partial charge in [0.2, 0.25) is 0 Å². The van der Waals surface area contributed by atoms with Crippen LogP contribution in [0.4, 0.5) is 18.9 Å². The lowest BCUT2D eigenvalue weighted by Gasteiger charge is -2.35. The van der Waals surface area contributed by atoms with Crippen LogP contribution in [0.2, 0.25) is 10.0 Å². The number of furan rings is 1. The minimum Gasteiger partial charge on any atom is -0.463 e. The van der Waals surface area contributed by atoms with Crippen LogP contribution in [0, 0.1) is 0 Å². The number of anilines is 1. The smallest absolute Gasteiger partial charge is 0.441 e. The first kappa shape index (κ1) is 20.9. The van der Waals surface area contributed by atoms with Crippen LogP contribution in [0.1, 0.15) is 17.5 Å². The second kappa shape index (κ2) is 8.10. The zero-order chi connectivity index (χ0) is 20.2. The highest BCUT2D eigenvalue weighted by Crippen LogP contribution is 2.35. The molecule has 0 aliphatic rings. The number of nitrogens with one attached hydrogen (secondary N) is 2. The average Bonchev–Trinajstić information content (AvgIpc) is 3.11. The standard InChI is InChI=1S/C16H13Cl2F3N2O4/c1-2-26-14(25)15(16(19,20)21,23-13(24)12-4-3-7-27-12)22-9-5-6-10(17)11(18)8-9/h3-8,22H,2H2,1H3,(H,23,24)/t15-/m0/s1. The Morgan fingerprint density at radius 1 is 1.19 bits per heavy atom. The normalized spacial score (nSPS) is 13.6. The van der Waals surface area contributed by atoms with Crippen LogP contribution in [0.5, 0.6) is 0 Å². The first-order valence-electron chi connectivity index (χ1n) is 7.44. The van der Waals surface area contributed by atoms with Gasteiger partial charge in [-0.25, -0.2) is 4.79 Å². The van der Waals surface area contributed by atoms with Gasteiger partial charge in [0.1, 0.15) is 0 Å². The van der Waals surface area contributed by atoms with Crippen molar-refractivity contribution >= 4 is 40.8 Å². The molecular formula is C16H13Cl2F3N2O4. The summed E-state index contributed by atoms with van der Waals surface area (Å²) < 4.78 is 51.2. The van der Waals surface area contributed by atoms with Gasteiger partial charge in [-0.05, 0) is 37.3 Å². The summed E-state index contributed by atoms with van der Waals surface area (Å²) in [7, 11) is 0. The van der Waals surface area contributed by atoms with E-state index in [1.54, 1.807) is 5.32 Å². The summed E-state index contributed by atoms with van der Waals surface area (Å²) in [5.41, 5.74) is -3.82. The molecule has 0 radical (unpaired) electrons. The van der Waals surface area contributed by atoms with Crippen molar-refractivity contribution in [2.24, 2.45) is 0 Å². The molecule has 11 heteroatoms. The van der Waals surface area contributed by atoms with E-state index in [4.69, 9.17) is 27.6 Å². The number of rotatable bonds is 6. The molecule has 0 aliphatic carbocycles. The molecule has 2 N–H and O–H groups in total. The highest BCUT2D eigenvalue weighted by atomic mass is 35.5. The maximum atomic E-state index is 13.9. The van der Waals surface area contributed by atoms with Crippen LogP contribution in [0.15, 0.2) is 41.0 Å². The molecule has 2 rings (SSSR count). The summed E-state index contributed by atoms with van der Waals surface area (Å²) in [5, 5.41) is 3.62. The van der Waals surface area contributed by atoms with Gasteiger partial charge in [-0.15, -0.1) is 0 Å². The van der Waals surface area contributed by atoms with Gasteiger partial charge in [0.05, 0.1) is 22.9 Å². The van der Waals surface area contributed by atoms with E-state index in [0.717, 1.165) is 24.5 Å². The third-order valence-corrected chi connectivity index (χ3v) is 4.04. The zero-order valence-corrected chi connectivity index (χ0v) is 15.2. The number of alkyl halides is 3. The maximum absolute atomic E-state index is 13.9. The van der Waals surface area contributed by atoms with E-state index in [-0.39, 0.29) is 22.3 Å². The SMILES string of the molecule is CCOC(=O)[C@@](NC(=O)c1ccco1)(Nc1ccc(Cl)c(Cl)c1)C(F)(F)F. The van der Waals surface area contributed by atoms with Gasteiger partial charge in [0.15, 0.2) is 5.76 Å². The quantitative estimate of drug-likeness (QED) is 0.535. The number of hydrogen-bond acceptors (Lipinski definition) is 5. The van der Waals surface area contributed by atoms with E-state index in [1.807, 2.05) is 5.32 Å². The summed E-state index contributed by atoms with van der Waals surface area (Å²) in [4.78, 5) is 24.5. The molecule has 0 saturated heterocycles. The number of esters is 1. The van der Waals surface area contributed by atoms with Crippen LogP contribution in [0.25, 0.3) is 0 Å². The number of carbonyl (C=O) groups is 2. The molecule has 0 fully saturated rings. The predicted octanol–water partition coefficient (Wildman–Crippen LogP) is 4.25. The summed E-state index contributed by atoms with van der Waals surface area (Å²) in [6.07, 6.45) is -4.19. The topological polar surface area (TPSA) is 80.6 Å². The molecule has 1 heterocycles. The van der Waals surface area contributed by atoms with Crippen molar-refractivity contribution in [1.29, 1.82) is 0 Å². The minimum atomic E-state index is -5.28. The second-order valence-corrected chi connectivity index (χ2v) is 5.97. The Hall–Kier alpha value is -2.39. The first-order valence-corrected chi connectivity index (χ1v) is 8.19.